The van der Waals surface area contributed by atoms with Gasteiger partial charge in [0.1, 0.15) is 119 Å². The molecule has 0 radical (unpaired) electrons. The third-order valence-corrected chi connectivity index (χ3v) is 28.1. The molecule has 0 unspecified atom stereocenters. The van der Waals surface area contributed by atoms with Gasteiger partial charge < -0.3 is 104 Å². The van der Waals surface area contributed by atoms with Crippen LogP contribution in [0.1, 0.15) is 121 Å². The lowest BCUT2D eigenvalue weighted by Gasteiger charge is -2.29. The van der Waals surface area contributed by atoms with E-state index in [1.165, 1.54) is 36.4 Å². The van der Waals surface area contributed by atoms with E-state index in [0.717, 1.165) is 145 Å². The first kappa shape index (κ1) is 86.2. The Bertz CT molecular complexity index is 6760. The van der Waals surface area contributed by atoms with Crippen LogP contribution in [0, 0.1) is 41.4 Å². The van der Waals surface area contributed by atoms with Gasteiger partial charge in [0.2, 0.25) is 0 Å². The van der Waals surface area contributed by atoms with Gasteiger partial charge in [0, 0.05) is 52.3 Å². The zero-order valence-electron chi connectivity index (χ0n) is 73.5. The molecule has 22 rings (SSSR count). The molecule has 0 spiro atoms. The van der Waals surface area contributed by atoms with Crippen molar-refractivity contribution in [3.8, 4) is 0 Å². The maximum Gasteiger partial charge on any atom is 0.163 e. The number of nitrogens with two attached hydrogens (primary N) is 8. The van der Waals surface area contributed by atoms with E-state index in [2.05, 4.69) is 151 Å². The van der Waals surface area contributed by atoms with Crippen LogP contribution in [0.5, 0.6) is 0 Å². The van der Waals surface area contributed by atoms with Crippen LogP contribution in [0.25, 0.3) is 87.7 Å². The number of anilines is 8. The molecule has 2 saturated heterocycles. The maximum atomic E-state index is 10.9. The van der Waals surface area contributed by atoms with Crippen LogP contribution in [-0.2, 0) is 44.6 Å². The zero-order chi connectivity index (χ0) is 90.6. The maximum absolute atomic E-state index is 10.9. The van der Waals surface area contributed by atoms with E-state index in [1.807, 2.05) is 140 Å². The van der Waals surface area contributed by atoms with Crippen LogP contribution in [0.2, 0.25) is 0 Å². The van der Waals surface area contributed by atoms with Crippen molar-refractivity contribution in [2.45, 2.75) is 184 Å². The Morgan fingerprint density at radius 2 is 0.623 bits per heavy atom. The van der Waals surface area contributed by atoms with Gasteiger partial charge in [-0.25, -0.2) is 59.8 Å². The van der Waals surface area contributed by atoms with Crippen molar-refractivity contribution in [1.82, 2.24) is 78.1 Å². The molecule has 20 N–H and O–H groups in total. The van der Waals surface area contributed by atoms with Crippen molar-refractivity contribution in [2.75, 3.05) is 45.9 Å². The van der Waals surface area contributed by atoms with Crippen molar-refractivity contribution >= 4 is 134 Å². The minimum atomic E-state index is -0.884. The molecule has 16 aromatic rings. The number of fused-ring (bicyclic) bond motifs is 10. The van der Waals surface area contributed by atoms with E-state index in [9.17, 15) is 20.4 Å². The molecule has 2 aliphatic heterocycles. The molecule has 32 heteroatoms. The van der Waals surface area contributed by atoms with Crippen LogP contribution >= 0.6 is 0 Å². The lowest BCUT2D eigenvalue weighted by molar-refractivity contribution is -0.165. The number of nitrogens with zero attached hydrogens (tertiary/aromatic N) is 16. The van der Waals surface area contributed by atoms with Crippen LogP contribution < -0.4 is 45.9 Å². The number of hydrogen-bond acceptors (Lipinski definition) is 28. The smallest absolute Gasteiger partial charge is 0.163 e. The van der Waals surface area contributed by atoms with Crippen molar-refractivity contribution in [2.24, 2.45) is 41.4 Å². The SMILES string of the molecule is C=C1[C@@H](n2ccc3c(N)ncnc32)[C@@H]2OC(C)(C)O[C@@H]2[C@H]1CCc1ccc2ccc(N)nc2c1.C[C@@H]1[C@H](CCc2ccc3ccc(N)nc3c2)[C@@H](O)[C@@H](O)[C@@H]1n1ccc2c(N)ncnc21.C[C@H]1[C@H](CCc2ccc3ccc(N)nc3c2)[C@@H](O)[C@@H](O)[C@@H]1n1ccc2c(N)ncnc21.C[C@H]1[C@H](CCc2ccc3ccc(N)nc3c2)[C@H]2OC(C)(C)O[C@H]2[C@@H]1n1ccc2c(N)ncnc21. The van der Waals surface area contributed by atoms with Crippen LogP contribution in [0.4, 0.5) is 46.5 Å². The standard InChI is InChI=1S/C26H30N6O2.C26H28N6O2.2C23H26N6O2/c2*1-14-17(8-5-15-4-6-16-7-9-20(27)31-19(16)12-15)22-23(34-26(2,3)33-22)21(14)32-11-10-18-24(28)29-13-30-25(18)32;2*1-12-15(6-3-13-2-4-14-5-7-18(24)28-17(14)10-13)20(30)21(31)19(12)29-9-8-16-22(25)26-11-27-23(16)29/h4,6-7,9-14,17,21-23H,5,8H2,1-3H3,(H2,27,31)(H2,28,29,30);4,6-7,9-13,17,21-23H,1,5,8H2,2-3H3,(H2,27,31)(H2,28,29,30);2*2,4-5,7-12,15,19-21,30-31H,3,6H2,1H3,(H2,24,28)(H2,25,26,27)/t14-,17-,21+,22+,23-;17-,21+,22+,23-;12-,15+,19-,20-,21+;12-,15-,19+,20+,21-/m0010/s1. The Hall–Kier alpha value is -13.2. The van der Waals surface area contributed by atoms with Gasteiger partial charge in [-0.1, -0.05) is 75.9 Å². The lowest BCUT2D eigenvalue weighted by atomic mass is 9.88. The van der Waals surface area contributed by atoms with Crippen molar-refractivity contribution in [3.63, 3.8) is 0 Å². The minimum absolute atomic E-state index is 0.0147. The molecule has 0 amide bonds. The molecule has 19 atom stereocenters. The number of benzene rings is 4. The normalized spacial score (nSPS) is 26.5. The van der Waals surface area contributed by atoms with Crippen molar-refractivity contribution < 1.29 is 39.4 Å². The number of aliphatic hydroxyl groups excluding tert-OH is 4. The first-order valence-corrected chi connectivity index (χ1v) is 44.5. The van der Waals surface area contributed by atoms with Crippen LogP contribution in [0.3, 0.4) is 0 Å². The zero-order valence-corrected chi connectivity index (χ0v) is 73.5. The number of nitrogen functional groups attached to an aromatic ring is 8. The van der Waals surface area contributed by atoms with Gasteiger partial charge >= 0.3 is 0 Å². The highest BCUT2D eigenvalue weighted by Crippen LogP contribution is 2.55. The van der Waals surface area contributed by atoms with Gasteiger partial charge in [-0.2, -0.15) is 0 Å². The first-order valence-electron chi connectivity index (χ1n) is 44.5. The van der Waals surface area contributed by atoms with E-state index < -0.39 is 36.0 Å². The molecule has 130 heavy (non-hydrogen) atoms. The monoisotopic (exact) mass is 1750 g/mol. The van der Waals surface area contributed by atoms with E-state index >= 15 is 0 Å². The molecule has 6 fully saturated rings. The fourth-order valence-corrected chi connectivity index (χ4v) is 21.7. The highest BCUT2D eigenvalue weighted by Gasteiger charge is 2.59. The topological polar surface area (TPSA) is 500 Å². The molecule has 12 aromatic heterocycles. The van der Waals surface area contributed by atoms with Crippen LogP contribution in [0.15, 0.2) is 208 Å². The number of hydrogen-bond donors (Lipinski definition) is 12. The summed E-state index contributed by atoms with van der Waals surface area (Å²) >= 11 is 0. The van der Waals surface area contributed by atoms with Gasteiger partial charge in [-0.3, -0.25) is 0 Å². The quantitative estimate of drug-likeness (QED) is 0.0400. The Kier molecular flexibility index (Phi) is 22.8. The van der Waals surface area contributed by atoms with Crippen molar-refractivity contribution in [1.29, 1.82) is 0 Å². The van der Waals surface area contributed by atoms with Gasteiger partial charge in [-0.15, -0.1) is 0 Å². The van der Waals surface area contributed by atoms with E-state index in [0.29, 0.717) is 69.7 Å². The summed E-state index contributed by atoms with van der Waals surface area (Å²) in [6.07, 6.45) is 16.7. The number of ether oxygens (including phenoxy) is 4. The highest BCUT2D eigenvalue weighted by molar-refractivity contribution is 5.90. The molecule has 32 nitrogen and oxygen atoms in total. The van der Waals surface area contributed by atoms with E-state index in [1.54, 1.807) is 12.1 Å². The first-order chi connectivity index (χ1) is 62.5. The summed E-state index contributed by atoms with van der Waals surface area (Å²) < 4.78 is 33.9. The summed E-state index contributed by atoms with van der Waals surface area (Å²) in [5, 5.41) is 51.0. The molecule has 4 aromatic carbocycles. The molecule has 14 heterocycles. The Balaban J connectivity index is 0.000000112. The molecular formula is C98H110N24O8. The van der Waals surface area contributed by atoms with Gasteiger partial charge in [0.25, 0.3) is 0 Å². The molecule has 4 aliphatic carbocycles. The van der Waals surface area contributed by atoms with E-state index in [4.69, 9.17) is 64.8 Å². The minimum Gasteiger partial charge on any atom is -0.390 e. The van der Waals surface area contributed by atoms with Crippen molar-refractivity contribution in [3.05, 3.63) is 230 Å². The van der Waals surface area contributed by atoms with Gasteiger partial charge in [0.15, 0.2) is 11.6 Å². The summed E-state index contributed by atoms with van der Waals surface area (Å²) in [4.78, 5) is 51.9. The second-order valence-corrected chi connectivity index (χ2v) is 36.8. The summed E-state index contributed by atoms with van der Waals surface area (Å²) in [5.74, 6) is 3.36. The Morgan fingerprint density at radius 1 is 0.331 bits per heavy atom. The molecule has 0 bridgehead atoms. The Labute approximate surface area is 749 Å². The van der Waals surface area contributed by atoms with Crippen LogP contribution in [-0.4, -0.2) is 159 Å². The second-order valence-electron chi connectivity index (χ2n) is 36.8. The number of aryl methyl sites for hydroxylation is 4. The highest BCUT2D eigenvalue weighted by atomic mass is 16.8. The molecule has 670 valence electrons. The Morgan fingerprint density at radius 3 is 0.992 bits per heavy atom. The average molecular weight is 1750 g/mol. The predicted octanol–water partition coefficient (Wildman–Crippen LogP) is 12.7. The molecule has 4 saturated carbocycles. The third kappa shape index (κ3) is 16.2. The predicted molar refractivity (Wildman–Crippen MR) is 504 cm³/mol. The molecular weight excluding hydrogens is 1640 g/mol. The van der Waals surface area contributed by atoms with Gasteiger partial charge in [-0.05, 0) is 239 Å². The summed E-state index contributed by atoms with van der Waals surface area (Å²) in [6, 6.07) is 47.4. The average Bonchev–Trinajstić information content (AvgIpc) is 1.57. The number of aliphatic hydroxyl groups is 4. The third-order valence-electron chi connectivity index (χ3n) is 28.1. The fraction of sp³-hybridized carbons (Fsp3) is 0.367. The van der Waals surface area contributed by atoms with E-state index in [-0.39, 0.29) is 78.2 Å². The van der Waals surface area contributed by atoms with Gasteiger partial charge in [0.05, 0.1) is 92.2 Å². The summed E-state index contributed by atoms with van der Waals surface area (Å²) in [6.45, 7) is 18.9. The summed E-state index contributed by atoms with van der Waals surface area (Å²) in [5.41, 5.74) is 59.9. The summed E-state index contributed by atoms with van der Waals surface area (Å²) in [7, 11) is 0. The number of pyridine rings is 4. The number of aromatic nitrogens is 16. The fourth-order valence-electron chi connectivity index (χ4n) is 21.7. The second kappa shape index (κ2) is 34.4. The number of rotatable bonds is 16. The lowest BCUT2D eigenvalue weighted by Crippen LogP contribution is -2.30. The molecule has 6 aliphatic rings. The largest absolute Gasteiger partial charge is 0.390 e.